The van der Waals surface area contributed by atoms with Gasteiger partial charge in [-0.2, -0.15) is 0 Å². The molecule has 0 aliphatic heterocycles. The summed E-state index contributed by atoms with van der Waals surface area (Å²) in [5.41, 5.74) is 5.87. The van der Waals surface area contributed by atoms with Gasteiger partial charge in [0.1, 0.15) is 5.69 Å². The molecule has 1 aromatic carbocycles. The zero-order valence-electron chi connectivity index (χ0n) is 9.22. The first kappa shape index (κ1) is 12.3. The number of nitro benzene ring substituents is 1. The fraction of sp³-hybridized carbons (Fsp3) is 0.0909. The normalized spacial score (nSPS) is 10.3. The van der Waals surface area contributed by atoms with Crippen LogP contribution in [0.2, 0.25) is 0 Å². The topological polar surface area (TPSA) is 81.2 Å². The van der Waals surface area contributed by atoms with Crippen molar-refractivity contribution in [3.05, 3.63) is 50.5 Å². The largest absolute Gasteiger partial charge is 0.398 e. The Kier molecular flexibility index (Phi) is 3.42. The van der Waals surface area contributed by atoms with Crippen molar-refractivity contribution in [1.82, 2.24) is 0 Å². The first-order valence-electron chi connectivity index (χ1n) is 5.08. The Morgan fingerprint density at radius 3 is 2.83 bits per heavy atom. The lowest BCUT2D eigenvalue weighted by Gasteiger charge is -2.07. The monoisotopic (exact) mass is 267 g/mol. The summed E-state index contributed by atoms with van der Waals surface area (Å²) in [4.78, 5) is 11.0. The lowest BCUT2D eigenvalue weighted by molar-refractivity contribution is -0.384. The van der Waals surface area contributed by atoms with Crippen molar-refractivity contribution >= 4 is 28.4 Å². The first-order valence-corrected chi connectivity index (χ1v) is 5.96. The molecule has 2 aromatic rings. The molecule has 7 heteroatoms. The van der Waals surface area contributed by atoms with E-state index >= 15 is 0 Å². The molecule has 1 heterocycles. The summed E-state index contributed by atoms with van der Waals surface area (Å²) in [7, 11) is 0. The highest BCUT2D eigenvalue weighted by molar-refractivity contribution is 7.10. The van der Waals surface area contributed by atoms with Gasteiger partial charge < -0.3 is 11.1 Å². The zero-order valence-corrected chi connectivity index (χ0v) is 10.0. The lowest BCUT2D eigenvalue weighted by Crippen LogP contribution is -2.05. The number of anilines is 2. The fourth-order valence-electron chi connectivity index (χ4n) is 1.50. The van der Waals surface area contributed by atoms with Crippen LogP contribution in [-0.4, -0.2) is 4.92 Å². The molecule has 18 heavy (non-hydrogen) atoms. The van der Waals surface area contributed by atoms with Crippen LogP contribution in [0.4, 0.5) is 21.5 Å². The summed E-state index contributed by atoms with van der Waals surface area (Å²) < 4.78 is 13.5. The zero-order chi connectivity index (χ0) is 13.1. The summed E-state index contributed by atoms with van der Waals surface area (Å²) >= 11 is 1.41. The van der Waals surface area contributed by atoms with Gasteiger partial charge in [0.15, 0.2) is 5.82 Å². The summed E-state index contributed by atoms with van der Waals surface area (Å²) in [6.45, 7) is 0.255. The van der Waals surface area contributed by atoms with Gasteiger partial charge in [0.25, 0.3) is 5.69 Å². The Morgan fingerprint density at radius 1 is 1.44 bits per heavy atom. The molecular formula is C11H10FN3O2S. The molecule has 5 nitrogen and oxygen atoms in total. The van der Waals surface area contributed by atoms with Crippen LogP contribution in [0.25, 0.3) is 0 Å². The van der Waals surface area contributed by atoms with Gasteiger partial charge in [0.05, 0.1) is 11.5 Å². The van der Waals surface area contributed by atoms with E-state index in [2.05, 4.69) is 5.32 Å². The van der Waals surface area contributed by atoms with E-state index < -0.39 is 10.7 Å². The number of nitrogen functional groups attached to an aromatic ring is 1. The maximum atomic E-state index is 13.5. The summed E-state index contributed by atoms with van der Waals surface area (Å²) in [5, 5.41) is 15.3. The number of nitrogens with one attached hydrogen (secondary N) is 1. The quantitative estimate of drug-likeness (QED) is 0.659. The third kappa shape index (κ3) is 2.40. The number of hydrogen-bond acceptors (Lipinski definition) is 5. The average molecular weight is 267 g/mol. The van der Waals surface area contributed by atoms with Gasteiger partial charge in [-0.25, -0.2) is 4.39 Å². The Hall–Kier alpha value is -2.15. The maximum absolute atomic E-state index is 13.5. The van der Waals surface area contributed by atoms with Gasteiger partial charge in [-0.05, 0) is 17.5 Å². The minimum atomic E-state index is -0.653. The average Bonchev–Trinajstić information content (AvgIpc) is 2.73. The van der Waals surface area contributed by atoms with E-state index in [1.54, 1.807) is 6.07 Å². The summed E-state index contributed by atoms with van der Waals surface area (Å²) in [6.07, 6.45) is 0. The predicted molar refractivity (Wildman–Crippen MR) is 69.1 cm³/mol. The van der Waals surface area contributed by atoms with Crippen LogP contribution in [0.15, 0.2) is 29.6 Å². The van der Waals surface area contributed by atoms with Crippen LogP contribution in [0.5, 0.6) is 0 Å². The summed E-state index contributed by atoms with van der Waals surface area (Å²) in [5.74, 6) is -0.653. The number of nitrogens with zero attached hydrogens (tertiary/aromatic N) is 1. The molecular weight excluding hydrogens is 257 g/mol. The van der Waals surface area contributed by atoms with E-state index in [0.29, 0.717) is 5.69 Å². The van der Waals surface area contributed by atoms with E-state index in [9.17, 15) is 14.5 Å². The predicted octanol–water partition coefficient (Wildman–Crippen LogP) is 2.99. The molecule has 3 N–H and O–H groups in total. The molecule has 0 saturated heterocycles. The van der Waals surface area contributed by atoms with Crippen molar-refractivity contribution in [3.63, 3.8) is 0 Å². The van der Waals surface area contributed by atoms with E-state index in [0.717, 1.165) is 4.88 Å². The second kappa shape index (κ2) is 5.01. The van der Waals surface area contributed by atoms with Gasteiger partial charge >= 0.3 is 0 Å². The molecule has 0 radical (unpaired) electrons. The van der Waals surface area contributed by atoms with E-state index in [1.165, 1.54) is 29.5 Å². The number of rotatable bonds is 4. The van der Waals surface area contributed by atoms with Crippen LogP contribution >= 0.6 is 11.3 Å². The third-order valence-electron chi connectivity index (χ3n) is 2.39. The van der Waals surface area contributed by atoms with E-state index in [1.807, 2.05) is 5.38 Å². The van der Waals surface area contributed by atoms with Crippen LogP contribution < -0.4 is 11.1 Å². The SMILES string of the molecule is Nc1ccsc1CNc1c(F)cccc1[N+](=O)[O-]. The number of benzene rings is 1. The molecule has 0 aliphatic carbocycles. The van der Waals surface area contributed by atoms with Crippen LogP contribution in [0.1, 0.15) is 4.88 Å². The molecule has 94 valence electrons. The van der Waals surface area contributed by atoms with E-state index in [-0.39, 0.29) is 17.9 Å². The van der Waals surface area contributed by atoms with Gasteiger partial charge in [-0.3, -0.25) is 10.1 Å². The third-order valence-corrected chi connectivity index (χ3v) is 3.33. The number of para-hydroxylation sites is 1. The second-order valence-electron chi connectivity index (χ2n) is 3.54. The number of hydrogen-bond donors (Lipinski definition) is 2. The first-order chi connectivity index (χ1) is 8.59. The summed E-state index contributed by atoms with van der Waals surface area (Å²) in [6, 6.07) is 5.46. The van der Waals surface area contributed by atoms with Crippen molar-refractivity contribution in [3.8, 4) is 0 Å². The second-order valence-corrected chi connectivity index (χ2v) is 4.54. The van der Waals surface area contributed by atoms with Crippen LogP contribution in [-0.2, 0) is 6.54 Å². The molecule has 0 unspecified atom stereocenters. The van der Waals surface area contributed by atoms with Crippen molar-refractivity contribution in [2.45, 2.75) is 6.54 Å². The molecule has 0 atom stereocenters. The van der Waals surface area contributed by atoms with Crippen molar-refractivity contribution < 1.29 is 9.31 Å². The lowest BCUT2D eigenvalue weighted by atomic mass is 10.2. The molecule has 0 saturated carbocycles. The molecule has 2 rings (SSSR count). The Bertz CT molecular complexity index is 585. The van der Waals surface area contributed by atoms with Gasteiger partial charge in [0.2, 0.25) is 0 Å². The molecule has 0 amide bonds. The number of nitro groups is 1. The molecule has 1 aromatic heterocycles. The molecule has 0 aliphatic rings. The van der Waals surface area contributed by atoms with Crippen molar-refractivity contribution in [2.24, 2.45) is 0 Å². The minimum Gasteiger partial charge on any atom is -0.398 e. The van der Waals surface area contributed by atoms with Gasteiger partial charge in [-0.1, -0.05) is 6.07 Å². The highest BCUT2D eigenvalue weighted by Crippen LogP contribution is 2.28. The van der Waals surface area contributed by atoms with Crippen LogP contribution in [0, 0.1) is 15.9 Å². The number of nitrogens with two attached hydrogens (primary N) is 1. The van der Waals surface area contributed by atoms with E-state index in [4.69, 9.17) is 5.73 Å². The van der Waals surface area contributed by atoms with Gasteiger partial charge in [-0.15, -0.1) is 11.3 Å². The number of thiophene rings is 1. The molecule has 0 spiro atoms. The van der Waals surface area contributed by atoms with Crippen molar-refractivity contribution in [2.75, 3.05) is 11.1 Å². The Labute approximate surface area is 106 Å². The van der Waals surface area contributed by atoms with Crippen molar-refractivity contribution in [1.29, 1.82) is 0 Å². The Balaban J connectivity index is 2.24. The highest BCUT2D eigenvalue weighted by Gasteiger charge is 2.17. The standard InChI is InChI=1S/C11H10FN3O2S/c12-7-2-1-3-9(15(16)17)11(7)14-6-10-8(13)4-5-18-10/h1-5,14H,6,13H2. The fourth-order valence-corrected chi connectivity index (χ4v) is 2.24. The van der Waals surface area contributed by atoms with Crippen LogP contribution in [0.3, 0.4) is 0 Å². The smallest absolute Gasteiger partial charge is 0.295 e. The van der Waals surface area contributed by atoms with Gasteiger partial charge in [0, 0.05) is 16.6 Å². The minimum absolute atomic E-state index is 0.115. The number of halogens is 1. The molecule has 0 fully saturated rings. The Morgan fingerprint density at radius 2 is 2.22 bits per heavy atom. The molecule has 0 bridgehead atoms. The maximum Gasteiger partial charge on any atom is 0.295 e. The highest BCUT2D eigenvalue weighted by atomic mass is 32.1.